The molecule has 0 saturated heterocycles. The Morgan fingerprint density at radius 2 is 2.17 bits per heavy atom. The Morgan fingerprint density at radius 3 is 2.72 bits per heavy atom. The minimum absolute atomic E-state index is 0.0648. The molecule has 2 N–H and O–H groups in total. The van der Waals surface area contributed by atoms with Gasteiger partial charge >= 0.3 is 0 Å². The summed E-state index contributed by atoms with van der Waals surface area (Å²) in [7, 11) is -2.19. The van der Waals surface area contributed by atoms with Crippen LogP contribution in [0.15, 0.2) is 35.7 Å². The molecule has 100 valence electrons. The van der Waals surface area contributed by atoms with Crippen LogP contribution in [0.3, 0.4) is 0 Å². The van der Waals surface area contributed by atoms with Crippen LogP contribution in [0, 0.1) is 5.82 Å². The molecular formula is C12H17FN2O2S. The van der Waals surface area contributed by atoms with Gasteiger partial charge in [-0.1, -0.05) is 6.08 Å². The van der Waals surface area contributed by atoms with E-state index in [1.165, 1.54) is 17.4 Å². The fourth-order valence-electron chi connectivity index (χ4n) is 1.50. The summed E-state index contributed by atoms with van der Waals surface area (Å²) in [5.74, 6) is -0.555. The third-order valence-electron chi connectivity index (χ3n) is 2.54. The Labute approximate surface area is 107 Å². The smallest absolute Gasteiger partial charge is 0.244 e. The van der Waals surface area contributed by atoms with Gasteiger partial charge < -0.3 is 5.73 Å². The number of rotatable bonds is 6. The predicted molar refractivity (Wildman–Crippen MR) is 70.1 cm³/mol. The normalized spacial score (nSPS) is 11.7. The van der Waals surface area contributed by atoms with E-state index in [9.17, 15) is 12.8 Å². The van der Waals surface area contributed by atoms with Gasteiger partial charge in [0.15, 0.2) is 0 Å². The minimum atomic E-state index is -3.66. The molecule has 0 bridgehead atoms. The number of hydrogen-bond acceptors (Lipinski definition) is 3. The van der Waals surface area contributed by atoms with E-state index in [1.807, 2.05) is 0 Å². The maximum Gasteiger partial charge on any atom is 0.244 e. The number of nitrogen functional groups attached to an aromatic ring is 1. The second-order valence-electron chi connectivity index (χ2n) is 3.94. The third-order valence-corrected chi connectivity index (χ3v) is 4.47. The molecule has 1 aromatic rings. The van der Waals surface area contributed by atoms with Crippen molar-refractivity contribution < 1.29 is 12.8 Å². The average Bonchev–Trinajstić information content (AvgIpc) is 2.28. The summed E-state index contributed by atoms with van der Waals surface area (Å²) >= 11 is 0. The Kier molecular flexibility index (Phi) is 4.86. The van der Waals surface area contributed by atoms with Gasteiger partial charge in [0.05, 0.1) is 5.69 Å². The lowest BCUT2D eigenvalue weighted by molar-refractivity contribution is 0.463. The molecule has 6 heteroatoms. The van der Waals surface area contributed by atoms with Gasteiger partial charge in [-0.25, -0.2) is 17.1 Å². The second kappa shape index (κ2) is 5.97. The number of benzene rings is 1. The van der Waals surface area contributed by atoms with Crippen LogP contribution < -0.4 is 5.73 Å². The van der Waals surface area contributed by atoms with Crippen molar-refractivity contribution in [3.8, 4) is 0 Å². The van der Waals surface area contributed by atoms with Gasteiger partial charge in [-0.15, -0.1) is 6.58 Å². The number of nitrogens with zero attached hydrogens (tertiary/aromatic N) is 1. The molecule has 4 nitrogen and oxygen atoms in total. The molecule has 0 atom stereocenters. The highest BCUT2D eigenvalue weighted by atomic mass is 32.2. The topological polar surface area (TPSA) is 63.4 Å². The van der Waals surface area contributed by atoms with Crippen molar-refractivity contribution in [2.75, 3.05) is 19.3 Å². The molecule has 0 heterocycles. The summed E-state index contributed by atoms with van der Waals surface area (Å²) in [4.78, 5) is -0.0648. The highest BCUT2D eigenvalue weighted by Gasteiger charge is 2.22. The molecule has 0 radical (unpaired) electrons. The molecule has 18 heavy (non-hydrogen) atoms. The minimum Gasteiger partial charge on any atom is -0.398 e. The monoisotopic (exact) mass is 272 g/mol. The lowest BCUT2D eigenvalue weighted by Gasteiger charge is -2.17. The summed E-state index contributed by atoms with van der Waals surface area (Å²) in [6.45, 7) is 3.94. The van der Waals surface area contributed by atoms with Crippen LogP contribution in [0.25, 0.3) is 0 Å². The molecule has 0 aliphatic heterocycles. The van der Waals surface area contributed by atoms with Gasteiger partial charge in [0, 0.05) is 13.6 Å². The molecular weight excluding hydrogens is 255 g/mol. The largest absolute Gasteiger partial charge is 0.398 e. The van der Waals surface area contributed by atoms with Crippen molar-refractivity contribution in [3.63, 3.8) is 0 Å². The van der Waals surface area contributed by atoms with E-state index in [1.54, 1.807) is 6.08 Å². The van der Waals surface area contributed by atoms with E-state index < -0.39 is 15.8 Å². The van der Waals surface area contributed by atoms with Crippen LogP contribution in [0.5, 0.6) is 0 Å². The lowest BCUT2D eigenvalue weighted by Crippen LogP contribution is -2.28. The lowest BCUT2D eigenvalue weighted by atomic mass is 10.3. The molecule has 1 aromatic carbocycles. The number of halogens is 1. The van der Waals surface area contributed by atoms with E-state index in [-0.39, 0.29) is 10.6 Å². The van der Waals surface area contributed by atoms with Gasteiger partial charge in [-0.2, -0.15) is 0 Å². The fraction of sp³-hybridized carbons (Fsp3) is 0.333. The predicted octanol–water partition coefficient (Wildman–Crippen LogP) is 1.99. The number of anilines is 1. The van der Waals surface area contributed by atoms with Gasteiger partial charge in [-0.3, -0.25) is 0 Å². The quantitative estimate of drug-likeness (QED) is 0.489. The first kappa shape index (κ1) is 14.7. The highest BCUT2D eigenvalue weighted by molar-refractivity contribution is 7.89. The van der Waals surface area contributed by atoms with Crippen molar-refractivity contribution >= 4 is 15.7 Å². The zero-order chi connectivity index (χ0) is 13.8. The number of hydrogen-bond donors (Lipinski definition) is 1. The van der Waals surface area contributed by atoms with E-state index in [4.69, 9.17) is 5.73 Å². The van der Waals surface area contributed by atoms with Crippen LogP contribution in [-0.4, -0.2) is 26.3 Å². The van der Waals surface area contributed by atoms with E-state index in [0.29, 0.717) is 13.0 Å². The number of nitrogens with two attached hydrogens (primary N) is 1. The Morgan fingerprint density at radius 1 is 1.50 bits per heavy atom. The molecule has 0 aliphatic rings. The molecule has 0 saturated carbocycles. The maximum atomic E-state index is 12.9. The zero-order valence-electron chi connectivity index (χ0n) is 10.3. The summed E-state index contributed by atoms with van der Waals surface area (Å²) < 4.78 is 38.4. The number of unbranched alkanes of at least 4 members (excludes halogenated alkanes) is 1. The van der Waals surface area contributed by atoms with Gasteiger partial charge in [0.25, 0.3) is 0 Å². The van der Waals surface area contributed by atoms with Crippen molar-refractivity contribution in [1.29, 1.82) is 0 Å². The standard InChI is InChI=1S/C12H17FN2O2S/c1-3-4-5-8-15(2)18(16,17)12-7-6-10(13)9-11(12)14/h3,6-7,9H,1,4-5,8,14H2,2H3. The summed E-state index contributed by atoms with van der Waals surface area (Å²) in [6, 6.07) is 3.27. The highest BCUT2D eigenvalue weighted by Crippen LogP contribution is 2.22. The molecule has 0 fully saturated rings. The second-order valence-corrected chi connectivity index (χ2v) is 5.95. The Hall–Kier alpha value is -1.40. The first-order valence-electron chi connectivity index (χ1n) is 5.52. The molecule has 0 spiro atoms. The Balaban J connectivity index is 2.94. The third kappa shape index (κ3) is 3.30. The molecule has 0 amide bonds. The molecule has 1 rings (SSSR count). The Bertz CT molecular complexity index is 529. The fourth-order valence-corrected chi connectivity index (χ4v) is 2.80. The van der Waals surface area contributed by atoms with E-state index in [2.05, 4.69) is 6.58 Å². The molecule has 0 aromatic heterocycles. The zero-order valence-corrected chi connectivity index (χ0v) is 11.1. The molecule has 0 unspecified atom stereocenters. The van der Waals surface area contributed by atoms with Crippen LogP contribution in [0.1, 0.15) is 12.8 Å². The van der Waals surface area contributed by atoms with Crippen molar-refractivity contribution in [1.82, 2.24) is 4.31 Å². The SMILES string of the molecule is C=CCCCN(C)S(=O)(=O)c1ccc(F)cc1N. The van der Waals surface area contributed by atoms with Gasteiger partial charge in [0.1, 0.15) is 10.7 Å². The van der Waals surface area contributed by atoms with Gasteiger partial charge in [-0.05, 0) is 31.0 Å². The maximum absolute atomic E-state index is 12.9. The molecule has 0 aliphatic carbocycles. The van der Waals surface area contributed by atoms with Crippen LogP contribution in [-0.2, 0) is 10.0 Å². The first-order valence-corrected chi connectivity index (χ1v) is 6.96. The average molecular weight is 272 g/mol. The number of allylic oxidation sites excluding steroid dienone is 1. The van der Waals surface area contributed by atoms with Crippen LogP contribution >= 0.6 is 0 Å². The summed E-state index contributed by atoms with van der Waals surface area (Å²) in [6.07, 6.45) is 3.14. The van der Waals surface area contributed by atoms with Crippen LogP contribution in [0.4, 0.5) is 10.1 Å². The van der Waals surface area contributed by atoms with E-state index >= 15 is 0 Å². The summed E-state index contributed by atoms with van der Waals surface area (Å²) in [5.41, 5.74) is 5.46. The van der Waals surface area contributed by atoms with Crippen molar-refractivity contribution in [2.24, 2.45) is 0 Å². The van der Waals surface area contributed by atoms with Crippen LogP contribution in [0.2, 0.25) is 0 Å². The summed E-state index contributed by atoms with van der Waals surface area (Å²) in [5, 5.41) is 0. The number of sulfonamides is 1. The van der Waals surface area contributed by atoms with Crippen molar-refractivity contribution in [3.05, 3.63) is 36.7 Å². The van der Waals surface area contributed by atoms with Crippen molar-refractivity contribution in [2.45, 2.75) is 17.7 Å². The van der Waals surface area contributed by atoms with E-state index in [0.717, 1.165) is 18.6 Å². The first-order chi connectivity index (χ1) is 8.39. The van der Waals surface area contributed by atoms with Gasteiger partial charge in [0.2, 0.25) is 10.0 Å².